The van der Waals surface area contributed by atoms with E-state index in [0.717, 1.165) is 0 Å². The number of carboxylic acids is 1. The molecule has 0 aliphatic carbocycles. The van der Waals surface area contributed by atoms with Crippen LogP contribution in [0.1, 0.15) is 10.4 Å². The van der Waals surface area contributed by atoms with Gasteiger partial charge in [-0.15, -0.1) is 5.10 Å². The van der Waals surface area contributed by atoms with Gasteiger partial charge >= 0.3 is 5.97 Å². The second-order valence-corrected chi connectivity index (χ2v) is 2.91. The van der Waals surface area contributed by atoms with Crippen LogP contribution in [0.15, 0.2) is 18.2 Å². The number of fused-ring (bicyclic) bond motifs is 1. The summed E-state index contributed by atoms with van der Waals surface area (Å²) in [5.74, 6) is -1.01. The minimum atomic E-state index is -1.01. The molecule has 0 bridgehead atoms. The summed E-state index contributed by atoms with van der Waals surface area (Å²) in [4.78, 5) is 10.7. The third-order valence-corrected chi connectivity index (χ3v) is 1.98. The number of benzene rings is 1. The maximum atomic E-state index is 10.7. The molecule has 2 aromatic rings. The molecule has 0 saturated heterocycles. The van der Waals surface area contributed by atoms with Crippen molar-refractivity contribution in [1.29, 1.82) is 5.26 Å². The molecule has 0 fully saturated rings. The van der Waals surface area contributed by atoms with E-state index in [9.17, 15) is 4.79 Å². The number of carboxylic acid groups (broad SMARTS) is 1. The minimum absolute atomic E-state index is 0.0551. The molecule has 1 heterocycles. The van der Waals surface area contributed by atoms with Crippen LogP contribution >= 0.6 is 0 Å². The second kappa shape index (κ2) is 3.38. The predicted molar refractivity (Wildman–Crippen MR) is 50.1 cm³/mol. The molecule has 6 nitrogen and oxygen atoms in total. The molecule has 1 aromatic heterocycles. The van der Waals surface area contributed by atoms with Crippen molar-refractivity contribution >= 4 is 17.0 Å². The van der Waals surface area contributed by atoms with Crippen molar-refractivity contribution in [3.8, 4) is 6.07 Å². The first-order valence-corrected chi connectivity index (χ1v) is 4.16. The highest BCUT2D eigenvalue weighted by Crippen LogP contribution is 2.13. The maximum Gasteiger partial charge on any atom is 0.335 e. The van der Waals surface area contributed by atoms with Gasteiger partial charge in [-0.05, 0) is 18.2 Å². The molecule has 1 N–H and O–H groups in total. The average Bonchev–Trinajstić information content (AvgIpc) is 2.61. The maximum absolute atomic E-state index is 10.7. The summed E-state index contributed by atoms with van der Waals surface area (Å²) >= 11 is 0. The van der Waals surface area contributed by atoms with E-state index in [1.54, 1.807) is 6.07 Å². The summed E-state index contributed by atoms with van der Waals surface area (Å²) < 4.78 is 1.36. The molecule has 0 spiro atoms. The van der Waals surface area contributed by atoms with Crippen LogP contribution in [-0.2, 0) is 6.54 Å². The van der Waals surface area contributed by atoms with Gasteiger partial charge in [-0.2, -0.15) is 5.26 Å². The van der Waals surface area contributed by atoms with E-state index in [1.165, 1.54) is 16.8 Å². The fourth-order valence-electron chi connectivity index (χ4n) is 1.28. The number of aromatic carboxylic acids is 1. The Morgan fingerprint density at radius 1 is 1.60 bits per heavy atom. The first-order chi connectivity index (χ1) is 7.22. The molecule has 2 rings (SSSR count). The van der Waals surface area contributed by atoms with Gasteiger partial charge in [0.1, 0.15) is 12.1 Å². The molecule has 1 aromatic carbocycles. The van der Waals surface area contributed by atoms with Crippen molar-refractivity contribution in [3.63, 3.8) is 0 Å². The van der Waals surface area contributed by atoms with Gasteiger partial charge in [0, 0.05) is 0 Å². The van der Waals surface area contributed by atoms with E-state index in [0.29, 0.717) is 11.0 Å². The summed E-state index contributed by atoms with van der Waals surface area (Å²) in [7, 11) is 0. The summed E-state index contributed by atoms with van der Waals surface area (Å²) in [5, 5.41) is 24.9. The van der Waals surface area contributed by atoms with Crippen LogP contribution in [0.4, 0.5) is 0 Å². The van der Waals surface area contributed by atoms with Crippen molar-refractivity contribution in [3.05, 3.63) is 23.8 Å². The van der Waals surface area contributed by atoms with Crippen molar-refractivity contribution < 1.29 is 9.90 Å². The summed E-state index contributed by atoms with van der Waals surface area (Å²) in [6.45, 7) is 0.0551. The van der Waals surface area contributed by atoms with Crippen LogP contribution in [0.5, 0.6) is 0 Å². The van der Waals surface area contributed by atoms with Crippen LogP contribution in [0.3, 0.4) is 0 Å². The van der Waals surface area contributed by atoms with E-state index in [2.05, 4.69) is 10.3 Å². The Labute approximate surface area is 84.4 Å². The quantitative estimate of drug-likeness (QED) is 0.771. The number of carbonyl (C=O) groups is 1. The molecular weight excluding hydrogens is 196 g/mol. The Morgan fingerprint density at radius 3 is 3.07 bits per heavy atom. The Kier molecular flexibility index (Phi) is 2.06. The Morgan fingerprint density at radius 2 is 2.40 bits per heavy atom. The fraction of sp³-hybridized carbons (Fsp3) is 0.111. The molecule has 0 aliphatic rings. The normalized spacial score (nSPS) is 10.1. The lowest BCUT2D eigenvalue weighted by Gasteiger charge is -1.96. The van der Waals surface area contributed by atoms with Gasteiger partial charge in [-0.25, -0.2) is 9.48 Å². The molecule has 74 valence electrons. The summed E-state index contributed by atoms with van der Waals surface area (Å²) in [5.41, 5.74) is 1.29. The lowest BCUT2D eigenvalue weighted by Crippen LogP contribution is -2.00. The monoisotopic (exact) mass is 202 g/mol. The number of nitriles is 1. The van der Waals surface area contributed by atoms with Gasteiger partial charge in [0.2, 0.25) is 0 Å². The van der Waals surface area contributed by atoms with Gasteiger partial charge in [-0.3, -0.25) is 0 Å². The van der Waals surface area contributed by atoms with E-state index in [1.807, 2.05) is 6.07 Å². The van der Waals surface area contributed by atoms with E-state index < -0.39 is 5.97 Å². The van der Waals surface area contributed by atoms with Crippen molar-refractivity contribution in [1.82, 2.24) is 15.0 Å². The SMILES string of the molecule is N#CCn1nnc2ccc(C(=O)O)cc21. The van der Waals surface area contributed by atoms with E-state index in [4.69, 9.17) is 10.4 Å². The van der Waals surface area contributed by atoms with Crippen molar-refractivity contribution in [2.45, 2.75) is 6.54 Å². The molecular formula is C9H6N4O2. The van der Waals surface area contributed by atoms with Gasteiger partial charge < -0.3 is 5.11 Å². The molecule has 0 radical (unpaired) electrons. The molecule has 15 heavy (non-hydrogen) atoms. The molecule has 0 saturated carbocycles. The first-order valence-electron chi connectivity index (χ1n) is 4.16. The lowest BCUT2D eigenvalue weighted by molar-refractivity contribution is 0.0697. The number of hydrogen-bond acceptors (Lipinski definition) is 4. The van der Waals surface area contributed by atoms with Crippen LogP contribution in [-0.4, -0.2) is 26.1 Å². The Bertz CT molecular complexity index is 567. The van der Waals surface area contributed by atoms with Crippen molar-refractivity contribution in [2.75, 3.05) is 0 Å². The zero-order valence-electron chi connectivity index (χ0n) is 7.58. The number of aromatic nitrogens is 3. The predicted octanol–water partition coefficient (Wildman–Crippen LogP) is 0.653. The van der Waals surface area contributed by atoms with Gasteiger partial charge in [0.05, 0.1) is 17.1 Å². The molecule has 0 unspecified atom stereocenters. The zero-order valence-corrected chi connectivity index (χ0v) is 7.58. The standard InChI is InChI=1S/C9H6N4O2/c10-3-4-13-8-5-6(9(14)15)1-2-7(8)11-12-13/h1-2,5H,4H2,(H,14,15). The van der Waals surface area contributed by atoms with Crippen LogP contribution in [0, 0.1) is 11.3 Å². The highest BCUT2D eigenvalue weighted by Gasteiger charge is 2.08. The highest BCUT2D eigenvalue weighted by molar-refractivity contribution is 5.92. The van der Waals surface area contributed by atoms with Crippen LogP contribution in [0.25, 0.3) is 11.0 Å². The summed E-state index contributed by atoms with van der Waals surface area (Å²) in [6, 6.07) is 6.40. The number of hydrogen-bond donors (Lipinski definition) is 1. The lowest BCUT2D eigenvalue weighted by atomic mass is 10.2. The fourth-order valence-corrected chi connectivity index (χ4v) is 1.28. The number of rotatable bonds is 2. The third kappa shape index (κ3) is 1.50. The smallest absolute Gasteiger partial charge is 0.335 e. The molecule has 6 heteroatoms. The summed E-state index contributed by atoms with van der Waals surface area (Å²) in [6.07, 6.45) is 0. The minimum Gasteiger partial charge on any atom is -0.478 e. The van der Waals surface area contributed by atoms with Gasteiger partial charge in [-0.1, -0.05) is 5.21 Å². The van der Waals surface area contributed by atoms with Crippen LogP contribution in [0.2, 0.25) is 0 Å². The Balaban J connectivity index is 2.62. The van der Waals surface area contributed by atoms with Gasteiger partial charge in [0.15, 0.2) is 0 Å². The zero-order chi connectivity index (χ0) is 10.8. The molecule has 0 amide bonds. The largest absolute Gasteiger partial charge is 0.478 e. The second-order valence-electron chi connectivity index (χ2n) is 2.91. The van der Waals surface area contributed by atoms with E-state index in [-0.39, 0.29) is 12.1 Å². The third-order valence-electron chi connectivity index (χ3n) is 1.98. The van der Waals surface area contributed by atoms with E-state index >= 15 is 0 Å². The molecule has 0 atom stereocenters. The molecule has 0 aliphatic heterocycles. The van der Waals surface area contributed by atoms with Crippen molar-refractivity contribution in [2.24, 2.45) is 0 Å². The number of nitrogens with zero attached hydrogens (tertiary/aromatic N) is 4. The topological polar surface area (TPSA) is 91.8 Å². The Hall–Kier alpha value is -2.42. The van der Waals surface area contributed by atoms with Crippen LogP contribution < -0.4 is 0 Å². The highest BCUT2D eigenvalue weighted by atomic mass is 16.4. The average molecular weight is 202 g/mol. The first kappa shape index (κ1) is 9.15. The van der Waals surface area contributed by atoms with Gasteiger partial charge in [0.25, 0.3) is 0 Å².